The maximum absolute atomic E-state index is 5.45. The van der Waals surface area contributed by atoms with Gasteiger partial charge in [0.25, 0.3) is 0 Å². The van der Waals surface area contributed by atoms with E-state index in [0.29, 0.717) is 0 Å². The minimum Gasteiger partial charge on any atom is -0.350 e. The molecule has 10 rings (SSSR count). The molecule has 0 spiro atoms. The Hall–Kier alpha value is -6.03. The molecule has 7 aromatic rings. The molecular formula is C50H41N3. The van der Waals surface area contributed by atoms with Gasteiger partial charge in [0.2, 0.25) is 0 Å². The first kappa shape index (κ1) is 31.7. The molecule has 1 aliphatic heterocycles. The van der Waals surface area contributed by atoms with Crippen LogP contribution in [-0.4, -0.2) is 5.84 Å². The second-order valence-corrected chi connectivity index (χ2v) is 15.1. The lowest BCUT2D eigenvalue weighted by atomic mass is 9.77. The number of rotatable bonds is 5. The van der Waals surface area contributed by atoms with Gasteiger partial charge in [-0.2, -0.15) is 0 Å². The van der Waals surface area contributed by atoms with E-state index in [4.69, 9.17) is 4.99 Å². The van der Waals surface area contributed by atoms with Crippen molar-refractivity contribution < 1.29 is 0 Å². The Balaban J connectivity index is 1.16. The topological polar surface area (TPSA) is 36.4 Å². The first-order valence-corrected chi connectivity index (χ1v) is 18.8. The van der Waals surface area contributed by atoms with E-state index in [-0.39, 0.29) is 17.7 Å². The lowest BCUT2D eigenvalue weighted by molar-refractivity contribution is 0.409. The molecule has 2 aliphatic carbocycles. The smallest absolute Gasteiger partial charge is 0.132 e. The predicted octanol–water partition coefficient (Wildman–Crippen LogP) is 12.1. The summed E-state index contributed by atoms with van der Waals surface area (Å²) in [6, 6.07) is 55.0. The Morgan fingerprint density at radius 3 is 2.04 bits per heavy atom. The SMILES string of the molecule is CC1(C)C2=C(C=CCC2)c2c1cc1ccccc1c2-c1cc(C2=NC(c3ccccc3)NC(c3ccc(-c4ccccc4)cc3)N2)c2ccccc2c1. The molecule has 3 heteroatoms. The molecule has 0 amide bonds. The van der Waals surface area contributed by atoms with Crippen molar-refractivity contribution in [3.8, 4) is 22.3 Å². The van der Waals surface area contributed by atoms with E-state index in [0.717, 1.165) is 35.4 Å². The Morgan fingerprint density at radius 2 is 1.26 bits per heavy atom. The average Bonchev–Trinajstić information content (AvgIpc) is 3.45. The summed E-state index contributed by atoms with van der Waals surface area (Å²) in [7, 11) is 0. The number of nitrogens with zero attached hydrogens (tertiary/aromatic N) is 1. The highest BCUT2D eigenvalue weighted by molar-refractivity contribution is 6.14. The van der Waals surface area contributed by atoms with Gasteiger partial charge in [0, 0.05) is 11.0 Å². The molecule has 0 saturated heterocycles. The average molecular weight is 684 g/mol. The molecule has 256 valence electrons. The van der Waals surface area contributed by atoms with Crippen LogP contribution in [0.25, 0.3) is 49.4 Å². The van der Waals surface area contributed by atoms with Crippen molar-refractivity contribution in [1.82, 2.24) is 10.6 Å². The largest absolute Gasteiger partial charge is 0.350 e. The third-order valence-corrected chi connectivity index (χ3v) is 11.7. The zero-order valence-corrected chi connectivity index (χ0v) is 30.1. The van der Waals surface area contributed by atoms with Crippen LogP contribution in [0.1, 0.15) is 66.8 Å². The van der Waals surface area contributed by atoms with Gasteiger partial charge in [-0.3, -0.25) is 5.32 Å². The summed E-state index contributed by atoms with van der Waals surface area (Å²) in [4.78, 5) is 5.45. The highest BCUT2D eigenvalue weighted by Crippen LogP contribution is 2.55. The number of amidine groups is 1. The molecule has 0 radical (unpaired) electrons. The molecule has 1 heterocycles. The van der Waals surface area contributed by atoms with Crippen molar-refractivity contribution in [2.24, 2.45) is 4.99 Å². The fourth-order valence-electron chi connectivity index (χ4n) is 8.95. The minimum atomic E-state index is -0.226. The number of hydrogen-bond acceptors (Lipinski definition) is 3. The van der Waals surface area contributed by atoms with Gasteiger partial charge < -0.3 is 5.32 Å². The Kier molecular flexibility index (Phi) is 7.52. The van der Waals surface area contributed by atoms with E-state index in [9.17, 15) is 0 Å². The monoisotopic (exact) mass is 683 g/mol. The quantitative estimate of drug-likeness (QED) is 0.189. The molecule has 2 N–H and O–H groups in total. The third-order valence-electron chi connectivity index (χ3n) is 11.7. The fourth-order valence-corrected chi connectivity index (χ4v) is 8.95. The standard InChI is InChI=1S/C50H41N3/c1-50(2)43-24-14-13-23-41(43)46-44(50)31-37-20-10-12-22-40(37)45(46)38-29-36-19-9-11-21-39(36)42(30-38)49-52-47(34-17-7-4-8-18-34)51-48(53-49)35-27-25-33(26-28-35)32-15-5-3-6-16-32/h3-13,15-23,25-31,47-48,51H,14,24H2,1-2H3,(H,52,53). The van der Waals surface area contributed by atoms with Crippen LogP contribution in [-0.2, 0) is 5.41 Å². The zero-order chi connectivity index (χ0) is 35.5. The van der Waals surface area contributed by atoms with Crippen LogP contribution in [0.2, 0.25) is 0 Å². The Labute approximate surface area is 311 Å². The highest BCUT2D eigenvalue weighted by atomic mass is 15.3. The van der Waals surface area contributed by atoms with Crippen LogP contribution in [0.4, 0.5) is 0 Å². The predicted molar refractivity (Wildman–Crippen MR) is 222 cm³/mol. The molecule has 53 heavy (non-hydrogen) atoms. The number of allylic oxidation sites excluding steroid dienone is 4. The Morgan fingerprint density at radius 1 is 0.604 bits per heavy atom. The highest BCUT2D eigenvalue weighted by Gasteiger charge is 2.39. The van der Waals surface area contributed by atoms with E-state index >= 15 is 0 Å². The van der Waals surface area contributed by atoms with Crippen LogP contribution < -0.4 is 10.6 Å². The summed E-state index contributed by atoms with van der Waals surface area (Å²) in [5, 5.41) is 12.7. The van der Waals surface area contributed by atoms with Crippen LogP contribution >= 0.6 is 0 Å². The van der Waals surface area contributed by atoms with Gasteiger partial charge in [-0.15, -0.1) is 0 Å². The fraction of sp³-hybridized carbons (Fsp3) is 0.140. The zero-order valence-electron chi connectivity index (χ0n) is 30.1. The number of hydrogen-bond donors (Lipinski definition) is 2. The molecule has 0 fully saturated rings. The molecule has 2 atom stereocenters. The van der Waals surface area contributed by atoms with Crippen molar-refractivity contribution in [1.29, 1.82) is 0 Å². The van der Waals surface area contributed by atoms with E-state index in [2.05, 4.69) is 188 Å². The summed E-state index contributed by atoms with van der Waals surface area (Å²) in [6.07, 6.45) is 6.58. The van der Waals surface area contributed by atoms with E-state index in [1.807, 2.05) is 0 Å². The van der Waals surface area contributed by atoms with E-state index < -0.39 is 0 Å². The third kappa shape index (κ3) is 5.34. The van der Waals surface area contributed by atoms with Crippen molar-refractivity contribution in [3.63, 3.8) is 0 Å². The minimum absolute atomic E-state index is 0.0270. The molecular weight excluding hydrogens is 643 g/mol. The molecule has 0 saturated carbocycles. The first-order chi connectivity index (χ1) is 26.0. The first-order valence-electron chi connectivity index (χ1n) is 18.8. The number of benzene rings is 7. The molecule has 7 aromatic carbocycles. The van der Waals surface area contributed by atoms with Gasteiger partial charge in [-0.1, -0.05) is 165 Å². The molecule has 0 bridgehead atoms. The maximum atomic E-state index is 5.45. The summed E-state index contributed by atoms with van der Waals surface area (Å²) in [6.45, 7) is 4.84. The van der Waals surface area contributed by atoms with E-state index in [1.165, 1.54) is 60.5 Å². The Bertz CT molecular complexity index is 2630. The molecule has 2 unspecified atom stereocenters. The maximum Gasteiger partial charge on any atom is 0.132 e. The van der Waals surface area contributed by atoms with Gasteiger partial charge in [0.05, 0.1) is 0 Å². The summed E-state index contributed by atoms with van der Waals surface area (Å²) in [5.41, 5.74) is 14.1. The summed E-state index contributed by atoms with van der Waals surface area (Å²) in [5.74, 6) is 0.891. The van der Waals surface area contributed by atoms with Gasteiger partial charge in [0.1, 0.15) is 18.2 Å². The van der Waals surface area contributed by atoms with Gasteiger partial charge in [-0.05, 0) is 103 Å². The number of nitrogens with one attached hydrogen (secondary N) is 2. The lowest BCUT2D eigenvalue weighted by Gasteiger charge is -2.33. The van der Waals surface area contributed by atoms with Crippen LogP contribution in [0.15, 0.2) is 174 Å². The van der Waals surface area contributed by atoms with Crippen molar-refractivity contribution in [2.45, 2.75) is 44.4 Å². The number of fused-ring (bicyclic) bond motifs is 4. The van der Waals surface area contributed by atoms with Crippen LogP contribution in [0, 0.1) is 0 Å². The van der Waals surface area contributed by atoms with Gasteiger partial charge in [-0.25, -0.2) is 4.99 Å². The second-order valence-electron chi connectivity index (χ2n) is 15.1. The second kappa shape index (κ2) is 12.6. The normalized spacial score (nSPS) is 18.8. The van der Waals surface area contributed by atoms with Crippen molar-refractivity contribution in [3.05, 3.63) is 197 Å². The van der Waals surface area contributed by atoms with Crippen LogP contribution in [0.5, 0.6) is 0 Å². The van der Waals surface area contributed by atoms with Gasteiger partial charge in [0.15, 0.2) is 0 Å². The van der Waals surface area contributed by atoms with Crippen LogP contribution in [0.3, 0.4) is 0 Å². The summed E-state index contributed by atoms with van der Waals surface area (Å²) < 4.78 is 0. The molecule has 3 nitrogen and oxygen atoms in total. The van der Waals surface area contributed by atoms with Crippen molar-refractivity contribution >= 4 is 33.0 Å². The molecule has 3 aliphatic rings. The molecule has 0 aromatic heterocycles. The van der Waals surface area contributed by atoms with Crippen molar-refractivity contribution in [2.75, 3.05) is 0 Å². The summed E-state index contributed by atoms with van der Waals surface area (Å²) >= 11 is 0. The van der Waals surface area contributed by atoms with Gasteiger partial charge >= 0.3 is 0 Å². The lowest BCUT2D eigenvalue weighted by Crippen LogP contribution is -2.45. The van der Waals surface area contributed by atoms with E-state index in [1.54, 1.807) is 5.57 Å². The number of aliphatic imine (C=N–C) groups is 1.